The van der Waals surface area contributed by atoms with Crippen molar-refractivity contribution in [2.75, 3.05) is 0 Å². The van der Waals surface area contributed by atoms with Crippen LogP contribution in [0.25, 0.3) is 11.0 Å². The summed E-state index contributed by atoms with van der Waals surface area (Å²) in [5.74, 6) is -0.0455. The van der Waals surface area contributed by atoms with E-state index in [0.717, 1.165) is 43.9 Å². The van der Waals surface area contributed by atoms with Crippen molar-refractivity contribution in [2.45, 2.75) is 64.0 Å². The molecular weight excluding hydrogens is 356 g/mol. The lowest BCUT2D eigenvalue weighted by Gasteiger charge is -2.36. The minimum Gasteiger partial charge on any atom is -0.423 e. The molecule has 1 saturated carbocycles. The number of amides is 3. The molecule has 5 rings (SSSR count). The van der Waals surface area contributed by atoms with Gasteiger partial charge in [-0.2, -0.15) is 0 Å². The fraction of sp³-hybridized carbons (Fsp3) is 0.500. The van der Waals surface area contributed by atoms with Crippen molar-refractivity contribution in [1.29, 1.82) is 0 Å². The standard InChI is InChI=1S/C22H24N2O4/c1-13-5-2-3-8-22(13)20(26)24(21(27)23-22)12-16-11-19(25)28-18-10-15-7-4-6-14(15)9-17(16)18/h9-11,13H,2-8,12H2,1H3,(H,23,27)/t13-,22+/m1/s1. The van der Waals surface area contributed by atoms with Crippen molar-refractivity contribution in [3.63, 3.8) is 0 Å². The number of hydrogen-bond donors (Lipinski definition) is 1. The number of rotatable bonds is 2. The van der Waals surface area contributed by atoms with Gasteiger partial charge < -0.3 is 9.73 Å². The van der Waals surface area contributed by atoms with Gasteiger partial charge in [-0.3, -0.25) is 9.69 Å². The van der Waals surface area contributed by atoms with Gasteiger partial charge in [0.25, 0.3) is 5.91 Å². The molecule has 1 saturated heterocycles. The zero-order valence-corrected chi connectivity index (χ0v) is 16.0. The molecule has 1 N–H and O–H groups in total. The summed E-state index contributed by atoms with van der Waals surface area (Å²) >= 11 is 0. The van der Waals surface area contributed by atoms with Gasteiger partial charge in [-0.05, 0) is 66.8 Å². The van der Waals surface area contributed by atoms with E-state index in [0.29, 0.717) is 17.6 Å². The SMILES string of the molecule is C[C@@H]1CCCC[C@]12NC(=O)N(Cc1cc(=O)oc3cc4c(cc13)CCC4)C2=O. The van der Waals surface area contributed by atoms with E-state index in [9.17, 15) is 14.4 Å². The third kappa shape index (κ3) is 2.50. The lowest BCUT2D eigenvalue weighted by molar-refractivity contribution is -0.134. The molecule has 2 heterocycles. The second-order valence-corrected chi connectivity index (χ2v) is 8.50. The maximum atomic E-state index is 13.3. The largest absolute Gasteiger partial charge is 0.423 e. The number of urea groups is 1. The molecule has 0 bridgehead atoms. The molecule has 1 aliphatic heterocycles. The number of hydrogen-bond acceptors (Lipinski definition) is 4. The lowest BCUT2D eigenvalue weighted by atomic mass is 9.73. The molecule has 6 heteroatoms. The van der Waals surface area contributed by atoms with Gasteiger partial charge in [0.1, 0.15) is 11.1 Å². The molecule has 146 valence electrons. The van der Waals surface area contributed by atoms with Crippen LogP contribution in [0.1, 0.15) is 55.7 Å². The third-order valence-corrected chi connectivity index (χ3v) is 6.87. The first kappa shape index (κ1) is 17.5. The Morgan fingerprint density at radius 2 is 1.89 bits per heavy atom. The molecule has 2 aliphatic carbocycles. The van der Waals surface area contributed by atoms with E-state index in [2.05, 4.69) is 11.4 Å². The van der Waals surface area contributed by atoms with E-state index in [-0.39, 0.29) is 24.4 Å². The average Bonchev–Trinajstić information content (AvgIpc) is 3.21. The van der Waals surface area contributed by atoms with E-state index in [1.807, 2.05) is 13.0 Å². The van der Waals surface area contributed by atoms with Gasteiger partial charge in [0.05, 0.1) is 6.54 Å². The van der Waals surface area contributed by atoms with Crippen LogP contribution in [0.5, 0.6) is 0 Å². The number of carbonyl (C=O) groups is 2. The van der Waals surface area contributed by atoms with E-state index in [1.165, 1.54) is 22.1 Å². The van der Waals surface area contributed by atoms with Crippen LogP contribution >= 0.6 is 0 Å². The Kier molecular flexibility index (Phi) is 3.86. The molecule has 3 amide bonds. The van der Waals surface area contributed by atoms with Crippen LogP contribution in [0.15, 0.2) is 27.4 Å². The van der Waals surface area contributed by atoms with E-state index < -0.39 is 11.2 Å². The smallest absolute Gasteiger partial charge is 0.336 e. The topological polar surface area (TPSA) is 79.6 Å². The van der Waals surface area contributed by atoms with Crippen LogP contribution in [0.3, 0.4) is 0 Å². The number of carbonyl (C=O) groups excluding carboxylic acids is 2. The van der Waals surface area contributed by atoms with Crippen LogP contribution < -0.4 is 10.9 Å². The maximum Gasteiger partial charge on any atom is 0.336 e. The quantitative estimate of drug-likeness (QED) is 0.640. The minimum atomic E-state index is -0.786. The molecule has 28 heavy (non-hydrogen) atoms. The Morgan fingerprint density at radius 1 is 1.11 bits per heavy atom. The number of nitrogens with one attached hydrogen (secondary N) is 1. The Bertz CT molecular complexity index is 1060. The molecule has 2 aromatic rings. The zero-order chi connectivity index (χ0) is 19.5. The van der Waals surface area contributed by atoms with Crippen LogP contribution in [0.4, 0.5) is 4.79 Å². The van der Waals surface area contributed by atoms with Crippen molar-refractivity contribution in [2.24, 2.45) is 5.92 Å². The highest BCUT2D eigenvalue weighted by molar-refractivity contribution is 6.07. The van der Waals surface area contributed by atoms with Crippen LogP contribution in [-0.2, 0) is 24.2 Å². The first-order valence-electron chi connectivity index (χ1n) is 10.2. The average molecular weight is 380 g/mol. The van der Waals surface area contributed by atoms with E-state index in [1.54, 1.807) is 0 Å². The van der Waals surface area contributed by atoms with Crippen LogP contribution in [0.2, 0.25) is 0 Å². The Hall–Kier alpha value is -2.63. The van der Waals surface area contributed by atoms with E-state index >= 15 is 0 Å². The Morgan fingerprint density at radius 3 is 2.68 bits per heavy atom. The van der Waals surface area contributed by atoms with Crippen molar-refractivity contribution >= 4 is 22.9 Å². The predicted molar refractivity (Wildman–Crippen MR) is 104 cm³/mol. The van der Waals surface area contributed by atoms with Crippen molar-refractivity contribution < 1.29 is 14.0 Å². The summed E-state index contributed by atoms with van der Waals surface area (Å²) in [5.41, 5.74) is 2.45. The normalized spacial score (nSPS) is 26.9. The van der Waals surface area contributed by atoms with E-state index in [4.69, 9.17) is 4.42 Å². The van der Waals surface area contributed by atoms with Gasteiger partial charge in [0.15, 0.2) is 0 Å². The van der Waals surface area contributed by atoms with Crippen molar-refractivity contribution in [3.05, 3.63) is 45.3 Å². The molecule has 1 aromatic carbocycles. The molecule has 6 nitrogen and oxygen atoms in total. The summed E-state index contributed by atoms with van der Waals surface area (Å²) in [6.07, 6.45) is 6.74. The summed E-state index contributed by atoms with van der Waals surface area (Å²) in [6.45, 7) is 2.14. The summed E-state index contributed by atoms with van der Waals surface area (Å²) < 4.78 is 5.41. The predicted octanol–water partition coefficient (Wildman–Crippen LogP) is 3.28. The molecule has 2 atom stereocenters. The number of aryl methyl sites for hydroxylation is 2. The van der Waals surface area contributed by atoms with Gasteiger partial charge in [-0.15, -0.1) is 0 Å². The Balaban J connectivity index is 1.54. The van der Waals surface area contributed by atoms with Crippen molar-refractivity contribution in [1.82, 2.24) is 10.2 Å². The molecule has 2 fully saturated rings. The van der Waals surface area contributed by atoms with Gasteiger partial charge in [-0.1, -0.05) is 19.8 Å². The molecule has 1 spiro atoms. The number of nitrogens with zero attached hydrogens (tertiary/aromatic N) is 1. The summed E-state index contributed by atoms with van der Waals surface area (Å²) in [7, 11) is 0. The number of benzene rings is 1. The first-order valence-corrected chi connectivity index (χ1v) is 10.2. The molecule has 0 radical (unpaired) electrons. The highest BCUT2D eigenvalue weighted by atomic mass is 16.4. The first-order chi connectivity index (χ1) is 13.5. The van der Waals surface area contributed by atoms with Gasteiger partial charge in [0.2, 0.25) is 0 Å². The zero-order valence-electron chi connectivity index (χ0n) is 16.0. The highest BCUT2D eigenvalue weighted by Gasteiger charge is 2.54. The molecular formula is C22H24N2O4. The Labute approximate surface area is 162 Å². The molecule has 3 aliphatic rings. The third-order valence-electron chi connectivity index (χ3n) is 6.87. The second kappa shape index (κ2) is 6.19. The van der Waals surface area contributed by atoms with Crippen molar-refractivity contribution in [3.8, 4) is 0 Å². The fourth-order valence-electron chi connectivity index (χ4n) is 5.23. The van der Waals surface area contributed by atoms with Crippen LogP contribution in [0, 0.1) is 5.92 Å². The monoisotopic (exact) mass is 380 g/mol. The van der Waals surface area contributed by atoms with Gasteiger partial charge in [0, 0.05) is 11.5 Å². The maximum absolute atomic E-state index is 13.3. The summed E-state index contributed by atoms with van der Waals surface area (Å²) in [6, 6.07) is 5.06. The molecule has 1 aromatic heterocycles. The van der Waals surface area contributed by atoms with Crippen LogP contribution in [-0.4, -0.2) is 22.4 Å². The second-order valence-electron chi connectivity index (χ2n) is 8.50. The summed E-state index contributed by atoms with van der Waals surface area (Å²) in [5, 5.41) is 3.80. The fourth-order valence-corrected chi connectivity index (χ4v) is 5.23. The highest BCUT2D eigenvalue weighted by Crippen LogP contribution is 2.39. The lowest BCUT2D eigenvalue weighted by Crippen LogP contribution is -2.53. The van der Waals surface area contributed by atoms with Gasteiger partial charge in [-0.25, -0.2) is 9.59 Å². The number of imide groups is 1. The minimum absolute atomic E-state index is 0.0972. The van der Waals surface area contributed by atoms with Gasteiger partial charge >= 0.3 is 11.7 Å². The number of fused-ring (bicyclic) bond motifs is 2. The summed E-state index contributed by atoms with van der Waals surface area (Å²) in [4.78, 5) is 39.4. The molecule has 0 unspecified atom stereocenters.